The Bertz CT molecular complexity index is 802. The van der Waals surface area contributed by atoms with E-state index in [0.29, 0.717) is 25.5 Å². The van der Waals surface area contributed by atoms with Gasteiger partial charge in [0, 0.05) is 12.6 Å². The Labute approximate surface area is 168 Å². The lowest BCUT2D eigenvalue weighted by Crippen LogP contribution is -2.20. The van der Waals surface area contributed by atoms with Crippen LogP contribution in [0.5, 0.6) is 11.5 Å². The van der Waals surface area contributed by atoms with Gasteiger partial charge in [0.2, 0.25) is 5.91 Å². The zero-order chi connectivity index (χ0) is 20.6. The third-order valence-corrected chi connectivity index (χ3v) is 4.28. The number of hydrogen-bond acceptors (Lipinski definition) is 3. The highest BCUT2D eigenvalue weighted by atomic mass is 16.5. The number of carbonyl (C=O) groups is 1. The van der Waals surface area contributed by atoms with E-state index < -0.39 is 0 Å². The van der Waals surface area contributed by atoms with Crippen LogP contribution in [0.25, 0.3) is 6.08 Å². The Balaban J connectivity index is 1.94. The highest BCUT2D eigenvalue weighted by molar-refractivity contribution is 5.91. The number of rotatable bonds is 8. The zero-order valence-electron chi connectivity index (χ0n) is 17.5. The maximum Gasteiger partial charge on any atom is 0.244 e. The molecule has 0 radical (unpaired) electrons. The first kappa shape index (κ1) is 21.5. The molecule has 0 spiro atoms. The summed E-state index contributed by atoms with van der Waals surface area (Å²) in [5.74, 6) is 1.29. The molecule has 0 saturated carbocycles. The Kier molecular flexibility index (Phi) is 7.68. The van der Waals surface area contributed by atoms with Gasteiger partial charge in [-0.05, 0) is 54.2 Å². The van der Waals surface area contributed by atoms with E-state index in [0.717, 1.165) is 16.9 Å². The van der Waals surface area contributed by atoms with Crippen molar-refractivity contribution in [2.45, 2.75) is 46.6 Å². The molecule has 0 aromatic heterocycles. The molecule has 0 saturated heterocycles. The van der Waals surface area contributed by atoms with Gasteiger partial charge in [0.05, 0.1) is 13.2 Å². The van der Waals surface area contributed by atoms with E-state index in [4.69, 9.17) is 9.47 Å². The molecule has 0 aliphatic carbocycles. The molecule has 28 heavy (non-hydrogen) atoms. The molecule has 4 heteroatoms. The highest BCUT2D eigenvalue weighted by Gasteiger charge is 2.12. The van der Waals surface area contributed by atoms with Crippen LogP contribution in [0.2, 0.25) is 0 Å². The van der Waals surface area contributed by atoms with Crippen LogP contribution in [-0.4, -0.2) is 19.1 Å². The molecular weight excluding hydrogens is 350 g/mol. The van der Waals surface area contributed by atoms with E-state index in [9.17, 15) is 4.79 Å². The molecule has 0 heterocycles. The molecule has 1 N–H and O–H groups in total. The van der Waals surface area contributed by atoms with E-state index in [2.05, 4.69) is 38.2 Å². The number of hydrogen-bond donors (Lipinski definition) is 1. The lowest BCUT2D eigenvalue weighted by Gasteiger charge is -2.18. The summed E-state index contributed by atoms with van der Waals surface area (Å²) >= 11 is 0. The Morgan fingerprint density at radius 3 is 2.21 bits per heavy atom. The predicted octanol–water partition coefficient (Wildman–Crippen LogP) is 5.11. The predicted molar refractivity (Wildman–Crippen MR) is 115 cm³/mol. The lowest BCUT2D eigenvalue weighted by molar-refractivity contribution is -0.116. The summed E-state index contributed by atoms with van der Waals surface area (Å²) in [6.07, 6.45) is 3.38. The van der Waals surface area contributed by atoms with Crippen molar-refractivity contribution in [3.05, 3.63) is 65.2 Å². The number of amides is 1. The van der Waals surface area contributed by atoms with E-state index in [1.807, 2.05) is 50.3 Å². The lowest BCUT2D eigenvalue weighted by atomic mass is 9.87. The van der Waals surface area contributed by atoms with Crippen LogP contribution in [0.4, 0.5) is 0 Å². The minimum atomic E-state index is -0.133. The van der Waals surface area contributed by atoms with Crippen LogP contribution < -0.4 is 14.8 Å². The van der Waals surface area contributed by atoms with E-state index >= 15 is 0 Å². The maximum atomic E-state index is 12.1. The highest BCUT2D eigenvalue weighted by Crippen LogP contribution is 2.28. The van der Waals surface area contributed by atoms with Gasteiger partial charge in [0.25, 0.3) is 0 Å². The fourth-order valence-electron chi connectivity index (χ4n) is 2.72. The number of carbonyl (C=O) groups excluding carboxylic acids is 1. The van der Waals surface area contributed by atoms with Crippen molar-refractivity contribution < 1.29 is 14.3 Å². The van der Waals surface area contributed by atoms with Crippen LogP contribution in [-0.2, 0) is 16.8 Å². The summed E-state index contributed by atoms with van der Waals surface area (Å²) in [6, 6.07) is 14.0. The van der Waals surface area contributed by atoms with Crippen LogP contribution in [0.15, 0.2) is 48.5 Å². The summed E-state index contributed by atoms with van der Waals surface area (Å²) < 4.78 is 11.2. The Hall–Kier alpha value is -2.75. The van der Waals surface area contributed by atoms with Gasteiger partial charge in [0.15, 0.2) is 11.5 Å². The van der Waals surface area contributed by atoms with Gasteiger partial charge in [-0.1, -0.05) is 51.1 Å². The molecule has 0 aliphatic heterocycles. The van der Waals surface area contributed by atoms with Gasteiger partial charge in [-0.3, -0.25) is 4.79 Å². The van der Waals surface area contributed by atoms with E-state index in [-0.39, 0.29) is 11.3 Å². The van der Waals surface area contributed by atoms with Crippen molar-refractivity contribution in [3.63, 3.8) is 0 Å². The largest absolute Gasteiger partial charge is 0.490 e. The summed E-state index contributed by atoms with van der Waals surface area (Å²) in [5.41, 5.74) is 3.36. The van der Waals surface area contributed by atoms with Crippen LogP contribution in [0.1, 0.15) is 51.3 Å². The fourth-order valence-corrected chi connectivity index (χ4v) is 2.72. The van der Waals surface area contributed by atoms with Gasteiger partial charge in [-0.25, -0.2) is 0 Å². The van der Waals surface area contributed by atoms with E-state index in [1.165, 1.54) is 5.56 Å². The van der Waals surface area contributed by atoms with E-state index in [1.54, 1.807) is 6.08 Å². The van der Waals surface area contributed by atoms with Crippen molar-refractivity contribution in [3.8, 4) is 11.5 Å². The molecule has 0 unspecified atom stereocenters. The second-order valence-corrected chi connectivity index (χ2v) is 7.57. The third-order valence-electron chi connectivity index (χ3n) is 4.28. The van der Waals surface area contributed by atoms with Crippen molar-refractivity contribution in [2.75, 3.05) is 13.2 Å². The minimum Gasteiger partial charge on any atom is -0.490 e. The SMILES string of the molecule is CCOc1ccc(CNC(=O)/C=C/c2ccc(C(C)(C)C)cc2)cc1OCC. The number of ether oxygens (including phenoxy) is 2. The van der Waals surface area contributed by atoms with Crippen molar-refractivity contribution >= 4 is 12.0 Å². The second-order valence-electron chi connectivity index (χ2n) is 7.57. The molecule has 0 fully saturated rings. The molecule has 1 amide bonds. The number of benzene rings is 2. The number of nitrogens with one attached hydrogen (secondary N) is 1. The smallest absolute Gasteiger partial charge is 0.244 e. The Morgan fingerprint density at radius 1 is 0.964 bits per heavy atom. The maximum absolute atomic E-state index is 12.1. The zero-order valence-corrected chi connectivity index (χ0v) is 17.5. The second kappa shape index (κ2) is 9.98. The minimum absolute atomic E-state index is 0.123. The Morgan fingerprint density at radius 2 is 1.61 bits per heavy atom. The topological polar surface area (TPSA) is 47.6 Å². The quantitative estimate of drug-likeness (QED) is 0.646. The standard InChI is InChI=1S/C24H31NO3/c1-6-27-21-14-10-19(16-22(21)28-7-2)17-25-23(26)15-11-18-8-12-20(13-9-18)24(3,4)5/h8-16H,6-7,17H2,1-5H3,(H,25,26)/b15-11+. The summed E-state index contributed by atoms with van der Waals surface area (Å²) in [6.45, 7) is 12.0. The fraction of sp³-hybridized carbons (Fsp3) is 0.375. The average Bonchev–Trinajstić information content (AvgIpc) is 2.66. The third kappa shape index (κ3) is 6.45. The monoisotopic (exact) mass is 381 g/mol. The molecule has 0 atom stereocenters. The van der Waals surface area contributed by atoms with Gasteiger partial charge >= 0.3 is 0 Å². The summed E-state index contributed by atoms with van der Waals surface area (Å²) in [7, 11) is 0. The van der Waals surface area contributed by atoms with Crippen LogP contribution >= 0.6 is 0 Å². The first-order valence-corrected chi connectivity index (χ1v) is 9.78. The molecule has 150 valence electrons. The molecule has 4 nitrogen and oxygen atoms in total. The summed E-state index contributed by atoms with van der Waals surface area (Å²) in [4.78, 5) is 12.1. The molecule has 2 aromatic carbocycles. The molecular formula is C24H31NO3. The van der Waals surface area contributed by atoms with Crippen molar-refractivity contribution in [1.29, 1.82) is 0 Å². The van der Waals surface area contributed by atoms with Crippen LogP contribution in [0, 0.1) is 0 Å². The molecule has 2 rings (SSSR count). The molecule has 0 bridgehead atoms. The average molecular weight is 382 g/mol. The summed E-state index contributed by atoms with van der Waals surface area (Å²) in [5, 5.41) is 2.90. The first-order chi connectivity index (χ1) is 13.3. The van der Waals surface area contributed by atoms with Crippen molar-refractivity contribution in [2.24, 2.45) is 0 Å². The van der Waals surface area contributed by atoms with Crippen LogP contribution in [0.3, 0.4) is 0 Å². The van der Waals surface area contributed by atoms with Gasteiger partial charge in [-0.15, -0.1) is 0 Å². The first-order valence-electron chi connectivity index (χ1n) is 9.78. The van der Waals surface area contributed by atoms with Gasteiger partial charge in [0.1, 0.15) is 0 Å². The van der Waals surface area contributed by atoms with Crippen molar-refractivity contribution in [1.82, 2.24) is 5.32 Å². The normalized spacial score (nSPS) is 11.5. The molecule has 0 aliphatic rings. The molecule has 2 aromatic rings. The van der Waals surface area contributed by atoms with Gasteiger partial charge < -0.3 is 14.8 Å². The van der Waals surface area contributed by atoms with Gasteiger partial charge in [-0.2, -0.15) is 0 Å².